The normalized spacial score (nSPS) is 11.5. The van der Waals surface area contributed by atoms with Gasteiger partial charge in [-0.1, -0.05) is 60.7 Å². The minimum absolute atomic E-state index is 0. The Bertz CT molecular complexity index is 948. The standard InChI is InChI=1S/C24H25NO3S.ClH/c1-29-23-15-20(11-12-21(23)24(27)28)18-9-7-17(8-10-18)13-14-25-16-22(26)19-5-3-2-4-6-19;/h2-12,15,22,25-26H,13-14,16H2,1H3,(H,27,28);1H/t22-;/m1./s1. The molecule has 3 N–H and O–H groups in total. The Labute approximate surface area is 187 Å². The van der Waals surface area contributed by atoms with Crippen molar-refractivity contribution < 1.29 is 15.0 Å². The second kappa shape index (κ2) is 11.8. The lowest BCUT2D eigenvalue weighted by Crippen LogP contribution is -2.23. The molecule has 0 aromatic heterocycles. The lowest BCUT2D eigenvalue weighted by atomic mass is 10.0. The molecule has 0 unspecified atom stereocenters. The van der Waals surface area contributed by atoms with Crippen molar-refractivity contribution in [2.24, 2.45) is 0 Å². The Morgan fingerprint density at radius 2 is 1.67 bits per heavy atom. The largest absolute Gasteiger partial charge is 0.478 e. The van der Waals surface area contributed by atoms with Crippen molar-refractivity contribution in [2.45, 2.75) is 17.4 Å². The van der Waals surface area contributed by atoms with E-state index in [1.807, 2.05) is 48.7 Å². The highest BCUT2D eigenvalue weighted by Gasteiger charge is 2.11. The Morgan fingerprint density at radius 1 is 1.00 bits per heavy atom. The van der Waals surface area contributed by atoms with E-state index in [0.717, 1.165) is 34.6 Å². The van der Waals surface area contributed by atoms with E-state index in [2.05, 4.69) is 29.6 Å². The highest BCUT2D eigenvalue weighted by molar-refractivity contribution is 7.98. The van der Waals surface area contributed by atoms with E-state index in [9.17, 15) is 15.0 Å². The van der Waals surface area contributed by atoms with Crippen LogP contribution in [-0.2, 0) is 6.42 Å². The lowest BCUT2D eigenvalue weighted by Gasteiger charge is -2.12. The molecule has 0 aliphatic carbocycles. The van der Waals surface area contributed by atoms with Gasteiger partial charge >= 0.3 is 5.97 Å². The van der Waals surface area contributed by atoms with Gasteiger partial charge < -0.3 is 15.5 Å². The monoisotopic (exact) mass is 443 g/mol. The number of rotatable bonds is 9. The van der Waals surface area contributed by atoms with Gasteiger partial charge in [-0.3, -0.25) is 0 Å². The minimum Gasteiger partial charge on any atom is -0.478 e. The first kappa shape index (κ1) is 24.0. The predicted molar refractivity (Wildman–Crippen MR) is 126 cm³/mol. The number of hydrogen-bond acceptors (Lipinski definition) is 4. The summed E-state index contributed by atoms with van der Waals surface area (Å²) in [6, 6.07) is 23.4. The van der Waals surface area contributed by atoms with E-state index >= 15 is 0 Å². The van der Waals surface area contributed by atoms with Gasteiger partial charge in [-0.15, -0.1) is 24.2 Å². The molecule has 0 heterocycles. The number of carboxylic acids is 1. The number of aromatic carboxylic acids is 1. The number of halogens is 1. The van der Waals surface area contributed by atoms with Gasteiger partial charge in [0.05, 0.1) is 11.7 Å². The van der Waals surface area contributed by atoms with Crippen LogP contribution in [-0.4, -0.2) is 35.5 Å². The molecule has 0 fully saturated rings. The van der Waals surface area contributed by atoms with Gasteiger partial charge in [0.1, 0.15) is 0 Å². The second-order valence-electron chi connectivity index (χ2n) is 6.80. The molecule has 6 heteroatoms. The molecule has 4 nitrogen and oxygen atoms in total. The molecular formula is C24H26ClNO3S. The summed E-state index contributed by atoms with van der Waals surface area (Å²) in [7, 11) is 0. The van der Waals surface area contributed by atoms with Crippen LogP contribution in [0.2, 0.25) is 0 Å². The predicted octanol–water partition coefficient (Wildman–Crippen LogP) is 5.06. The molecule has 30 heavy (non-hydrogen) atoms. The van der Waals surface area contributed by atoms with E-state index in [1.165, 1.54) is 17.3 Å². The topological polar surface area (TPSA) is 69.6 Å². The van der Waals surface area contributed by atoms with Gasteiger partial charge in [-0.2, -0.15) is 0 Å². The molecule has 3 aromatic rings. The number of thioether (sulfide) groups is 1. The smallest absolute Gasteiger partial charge is 0.336 e. The summed E-state index contributed by atoms with van der Waals surface area (Å²) in [6.07, 6.45) is 2.25. The number of aliphatic hydroxyl groups excluding tert-OH is 1. The van der Waals surface area contributed by atoms with Crippen molar-refractivity contribution >= 4 is 30.1 Å². The van der Waals surface area contributed by atoms with Crippen molar-refractivity contribution in [2.75, 3.05) is 19.3 Å². The van der Waals surface area contributed by atoms with Crippen LogP contribution in [0.25, 0.3) is 11.1 Å². The number of carbonyl (C=O) groups is 1. The minimum atomic E-state index is -0.902. The quantitative estimate of drug-likeness (QED) is 0.318. The number of carboxylic acid groups (broad SMARTS) is 1. The molecule has 0 aliphatic rings. The highest BCUT2D eigenvalue weighted by atomic mass is 35.5. The van der Waals surface area contributed by atoms with Gasteiger partial charge in [0.2, 0.25) is 0 Å². The molecule has 0 bridgehead atoms. The van der Waals surface area contributed by atoms with E-state index in [1.54, 1.807) is 6.07 Å². The molecule has 0 aliphatic heterocycles. The molecule has 1 atom stereocenters. The third kappa shape index (κ3) is 6.34. The third-order valence-electron chi connectivity index (χ3n) is 4.83. The fourth-order valence-electron chi connectivity index (χ4n) is 3.18. The van der Waals surface area contributed by atoms with E-state index in [-0.39, 0.29) is 12.4 Å². The van der Waals surface area contributed by atoms with Crippen LogP contribution < -0.4 is 5.32 Å². The summed E-state index contributed by atoms with van der Waals surface area (Å²) in [5.41, 5.74) is 4.54. The first-order valence-corrected chi connectivity index (χ1v) is 10.8. The van der Waals surface area contributed by atoms with Crippen LogP contribution in [0.1, 0.15) is 27.6 Å². The Morgan fingerprint density at radius 3 is 2.30 bits per heavy atom. The molecule has 0 amide bonds. The van der Waals surface area contributed by atoms with E-state index in [4.69, 9.17) is 0 Å². The molecular weight excluding hydrogens is 418 g/mol. The number of aliphatic hydroxyl groups is 1. The summed E-state index contributed by atoms with van der Waals surface area (Å²) >= 11 is 1.44. The zero-order valence-electron chi connectivity index (χ0n) is 16.7. The molecule has 3 aromatic carbocycles. The summed E-state index contributed by atoms with van der Waals surface area (Å²) in [5.74, 6) is -0.902. The third-order valence-corrected chi connectivity index (χ3v) is 5.61. The van der Waals surface area contributed by atoms with E-state index < -0.39 is 12.1 Å². The number of hydrogen-bond donors (Lipinski definition) is 3. The summed E-state index contributed by atoms with van der Waals surface area (Å²) in [4.78, 5) is 12.1. The van der Waals surface area contributed by atoms with Crippen LogP contribution in [0.3, 0.4) is 0 Å². The van der Waals surface area contributed by atoms with Crippen molar-refractivity contribution in [3.8, 4) is 11.1 Å². The maximum Gasteiger partial charge on any atom is 0.336 e. The fraction of sp³-hybridized carbons (Fsp3) is 0.208. The first-order valence-electron chi connectivity index (χ1n) is 9.53. The van der Waals surface area contributed by atoms with Gasteiger partial charge in [0, 0.05) is 11.4 Å². The number of nitrogens with one attached hydrogen (secondary N) is 1. The number of benzene rings is 3. The average Bonchev–Trinajstić information content (AvgIpc) is 2.77. The molecule has 0 saturated heterocycles. The van der Waals surface area contributed by atoms with Gasteiger partial charge in [0.15, 0.2) is 0 Å². The van der Waals surface area contributed by atoms with Crippen LogP contribution in [0.4, 0.5) is 0 Å². The summed E-state index contributed by atoms with van der Waals surface area (Å²) in [5, 5.41) is 22.7. The Balaban J connectivity index is 0.00000320. The van der Waals surface area contributed by atoms with Gasteiger partial charge in [0.25, 0.3) is 0 Å². The zero-order valence-corrected chi connectivity index (χ0v) is 18.4. The van der Waals surface area contributed by atoms with Crippen LogP contribution in [0, 0.1) is 0 Å². The Kier molecular flexibility index (Phi) is 9.40. The maximum atomic E-state index is 11.3. The first-order chi connectivity index (χ1) is 14.1. The van der Waals surface area contributed by atoms with Crippen molar-refractivity contribution in [1.82, 2.24) is 5.32 Å². The van der Waals surface area contributed by atoms with Crippen molar-refractivity contribution in [3.63, 3.8) is 0 Å². The van der Waals surface area contributed by atoms with Crippen molar-refractivity contribution in [1.29, 1.82) is 0 Å². The van der Waals surface area contributed by atoms with E-state index in [0.29, 0.717) is 12.1 Å². The summed E-state index contributed by atoms with van der Waals surface area (Å²) in [6.45, 7) is 1.31. The van der Waals surface area contributed by atoms with Gasteiger partial charge in [-0.05, 0) is 53.6 Å². The highest BCUT2D eigenvalue weighted by Crippen LogP contribution is 2.28. The van der Waals surface area contributed by atoms with Crippen LogP contribution >= 0.6 is 24.2 Å². The van der Waals surface area contributed by atoms with Crippen LogP contribution in [0.5, 0.6) is 0 Å². The van der Waals surface area contributed by atoms with Gasteiger partial charge in [-0.25, -0.2) is 4.79 Å². The molecule has 0 spiro atoms. The Hall–Kier alpha value is -2.31. The SMILES string of the molecule is CSc1cc(-c2ccc(CCNC[C@@H](O)c3ccccc3)cc2)ccc1C(=O)O.Cl. The molecule has 0 saturated carbocycles. The lowest BCUT2D eigenvalue weighted by molar-refractivity contribution is 0.0693. The second-order valence-corrected chi connectivity index (χ2v) is 7.65. The maximum absolute atomic E-state index is 11.3. The summed E-state index contributed by atoms with van der Waals surface area (Å²) < 4.78 is 0. The van der Waals surface area contributed by atoms with Crippen LogP contribution in [0.15, 0.2) is 77.7 Å². The molecule has 158 valence electrons. The fourth-order valence-corrected chi connectivity index (χ4v) is 3.80. The van der Waals surface area contributed by atoms with Crippen molar-refractivity contribution in [3.05, 3.63) is 89.5 Å². The average molecular weight is 444 g/mol. The molecule has 0 radical (unpaired) electrons. The molecule has 3 rings (SSSR count). The zero-order chi connectivity index (χ0) is 20.6.